The average molecular weight is 227 g/mol. The van der Waals surface area contributed by atoms with Crippen LogP contribution in [0.3, 0.4) is 0 Å². The normalized spacial score (nSPS) is 21.1. The number of hydrogen-bond acceptors (Lipinski definition) is 2. The zero-order valence-corrected chi connectivity index (χ0v) is 10.8. The first kappa shape index (κ1) is 13.3. The molecule has 0 aromatic rings. The first-order valence-electron chi connectivity index (χ1n) is 6.31. The molecule has 0 aromatic heterocycles. The zero-order valence-electron chi connectivity index (χ0n) is 10.8. The molecule has 1 aliphatic heterocycles. The maximum atomic E-state index is 11.7. The summed E-state index contributed by atoms with van der Waals surface area (Å²) in [5, 5.41) is 2.94. The van der Waals surface area contributed by atoms with Crippen LogP contribution in [0.15, 0.2) is 0 Å². The lowest BCUT2D eigenvalue weighted by atomic mass is 10.1. The molecular weight excluding hydrogens is 202 g/mol. The molecule has 0 aliphatic carbocycles. The summed E-state index contributed by atoms with van der Waals surface area (Å²) in [5.41, 5.74) is 0. The number of hydrogen-bond donors (Lipinski definition) is 1. The Morgan fingerprint density at radius 2 is 2.31 bits per heavy atom. The second-order valence-electron chi connectivity index (χ2n) is 4.88. The van der Waals surface area contributed by atoms with Gasteiger partial charge < -0.3 is 15.1 Å². The SMILES string of the molecule is CCCCNC(=O)N(C)CC1CCN(C)C1. The van der Waals surface area contributed by atoms with E-state index >= 15 is 0 Å². The maximum absolute atomic E-state index is 11.7. The van der Waals surface area contributed by atoms with Gasteiger partial charge in [-0.3, -0.25) is 0 Å². The van der Waals surface area contributed by atoms with Crippen LogP contribution in [0.25, 0.3) is 0 Å². The molecule has 0 spiro atoms. The largest absolute Gasteiger partial charge is 0.338 e. The van der Waals surface area contributed by atoms with Gasteiger partial charge in [0, 0.05) is 26.7 Å². The van der Waals surface area contributed by atoms with Crippen LogP contribution >= 0.6 is 0 Å². The molecule has 1 atom stereocenters. The van der Waals surface area contributed by atoms with Gasteiger partial charge in [-0.25, -0.2) is 4.79 Å². The fourth-order valence-electron chi connectivity index (χ4n) is 2.15. The molecule has 1 aliphatic rings. The van der Waals surface area contributed by atoms with E-state index in [0.717, 1.165) is 39.0 Å². The third kappa shape index (κ3) is 4.39. The smallest absolute Gasteiger partial charge is 0.317 e. The van der Waals surface area contributed by atoms with E-state index < -0.39 is 0 Å². The second kappa shape index (κ2) is 6.74. The van der Waals surface area contributed by atoms with Gasteiger partial charge in [-0.05, 0) is 32.4 Å². The van der Waals surface area contributed by atoms with Crippen molar-refractivity contribution in [1.82, 2.24) is 15.1 Å². The fraction of sp³-hybridized carbons (Fsp3) is 0.917. The van der Waals surface area contributed by atoms with Crippen LogP contribution in [0.5, 0.6) is 0 Å². The minimum Gasteiger partial charge on any atom is -0.338 e. The monoisotopic (exact) mass is 227 g/mol. The number of amides is 2. The van der Waals surface area contributed by atoms with Gasteiger partial charge >= 0.3 is 6.03 Å². The lowest BCUT2D eigenvalue weighted by molar-refractivity contribution is 0.200. The molecule has 94 valence electrons. The standard InChI is InChI=1S/C12H25N3O/c1-4-5-7-13-12(16)15(3)10-11-6-8-14(2)9-11/h11H,4-10H2,1-3H3,(H,13,16). The summed E-state index contributed by atoms with van der Waals surface area (Å²) < 4.78 is 0. The molecule has 4 nitrogen and oxygen atoms in total. The van der Waals surface area contributed by atoms with Gasteiger partial charge in [0.15, 0.2) is 0 Å². The van der Waals surface area contributed by atoms with Crippen molar-refractivity contribution in [2.24, 2.45) is 5.92 Å². The van der Waals surface area contributed by atoms with Crippen LogP contribution in [0.4, 0.5) is 4.79 Å². The summed E-state index contributed by atoms with van der Waals surface area (Å²) in [5.74, 6) is 0.645. The Morgan fingerprint density at radius 3 is 2.88 bits per heavy atom. The zero-order chi connectivity index (χ0) is 12.0. The highest BCUT2D eigenvalue weighted by atomic mass is 16.2. The molecule has 16 heavy (non-hydrogen) atoms. The Hall–Kier alpha value is -0.770. The predicted octanol–water partition coefficient (Wildman–Crippen LogP) is 1.38. The van der Waals surface area contributed by atoms with Crippen LogP contribution < -0.4 is 5.32 Å². The quantitative estimate of drug-likeness (QED) is 0.720. The number of unbranched alkanes of at least 4 members (excludes halogenated alkanes) is 1. The van der Waals surface area contributed by atoms with E-state index in [9.17, 15) is 4.79 Å². The Bertz CT molecular complexity index is 220. The van der Waals surface area contributed by atoms with Gasteiger partial charge in [0.05, 0.1) is 0 Å². The van der Waals surface area contributed by atoms with Crippen LogP contribution in [0.2, 0.25) is 0 Å². The molecule has 0 aromatic carbocycles. The van der Waals surface area contributed by atoms with Crippen LogP contribution in [-0.2, 0) is 0 Å². The van der Waals surface area contributed by atoms with Gasteiger partial charge in [0.1, 0.15) is 0 Å². The van der Waals surface area contributed by atoms with Gasteiger partial charge in [0.25, 0.3) is 0 Å². The minimum absolute atomic E-state index is 0.0722. The van der Waals surface area contributed by atoms with Crippen LogP contribution in [-0.4, -0.2) is 56.1 Å². The summed E-state index contributed by atoms with van der Waals surface area (Å²) >= 11 is 0. The summed E-state index contributed by atoms with van der Waals surface area (Å²) in [7, 11) is 4.03. The number of likely N-dealkylation sites (tertiary alicyclic amines) is 1. The first-order valence-corrected chi connectivity index (χ1v) is 6.31. The highest BCUT2D eigenvalue weighted by Crippen LogP contribution is 2.14. The summed E-state index contributed by atoms with van der Waals surface area (Å²) in [6.45, 7) is 6.08. The second-order valence-corrected chi connectivity index (χ2v) is 4.88. The Labute approximate surface area is 99.0 Å². The maximum Gasteiger partial charge on any atom is 0.317 e. The highest BCUT2D eigenvalue weighted by molar-refractivity contribution is 5.73. The number of rotatable bonds is 5. The van der Waals surface area contributed by atoms with Gasteiger partial charge in [-0.1, -0.05) is 13.3 Å². The molecule has 1 saturated heterocycles. The Morgan fingerprint density at radius 1 is 1.56 bits per heavy atom. The van der Waals surface area contributed by atoms with Gasteiger partial charge in [0.2, 0.25) is 0 Å². The van der Waals surface area contributed by atoms with E-state index in [1.807, 2.05) is 11.9 Å². The van der Waals surface area contributed by atoms with Crippen molar-refractivity contribution in [3.63, 3.8) is 0 Å². The fourth-order valence-corrected chi connectivity index (χ4v) is 2.15. The van der Waals surface area contributed by atoms with Crippen molar-refractivity contribution in [2.75, 3.05) is 40.3 Å². The van der Waals surface area contributed by atoms with E-state index in [1.54, 1.807) is 0 Å². The van der Waals surface area contributed by atoms with E-state index in [4.69, 9.17) is 0 Å². The molecule has 2 amide bonds. The van der Waals surface area contributed by atoms with Crippen molar-refractivity contribution in [3.8, 4) is 0 Å². The lowest BCUT2D eigenvalue weighted by Gasteiger charge is -2.21. The predicted molar refractivity (Wildman–Crippen MR) is 66.5 cm³/mol. The van der Waals surface area contributed by atoms with E-state index in [2.05, 4.69) is 24.2 Å². The van der Waals surface area contributed by atoms with Gasteiger partial charge in [-0.15, -0.1) is 0 Å². The van der Waals surface area contributed by atoms with E-state index in [1.165, 1.54) is 6.42 Å². The molecule has 0 bridgehead atoms. The van der Waals surface area contributed by atoms with E-state index in [0.29, 0.717) is 5.92 Å². The van der Waals surface area contributed by atoms with Crippen molar-refractivity contribution < 1.29 is 4.79 Å². The minimum atomic E-state index is 0.0722. The van der Waals surface area contributed by atoms with Crippen molar-refractivity contribution in [2.45, 2.75) is 26.2 Å². The lowest BCUT2D eigenvalue weighted by Crippen LogP contribution is -2.40. The molecule has 1 rings (SSSR count). The highest BCUT2D eigenvalue weighted by Gasteiger charge is 2.22. The number of carbonyl (C=O) groups is 1. The first-order chi connectivity index (χ1) is 7.63. The van der Waals surface area contributed by atoms with Crippen molar-refractivity contribution in [3.05, 3.63) is 0 Å². The molecule has 4 heteroatoms. The summed E-state index contributed by atoms with van der Waals surface area (Å²) in [6.07, 6.45) is 3.40. The molecule has 0 saturated carbocycles. The Kier molecular flexibility index (Phi) is 5.60. The number of nitrogens with one attached hydrogen (secondary N) is 1. The molecule has 1 N–H and O–H groups in total. The van der Waals surface area contributed by atoms with Crippen LogP contribution in [0, 0.1) is 5.92 Å². The molecular formula is C12H25N3O. The number of nitrogens with zero attached hydrogens (tertiary/aromatic N) is 2. The molecule has 0 radical (unpaired) electrons. The molecule has 1 unspecified atom stereocenters. The van der Waals surface area contributed by atoms with Crippen molar-refractivity contribution >= 4 is 6.03 Å². The number of urea groups is 1. The average Bonchev–Trinajstić information content (AvgIpc) is 2.64. The van der Waals surface area contributed by atoms with Crippen LogP contribution in [0.1, 0.15) is 26.2 Å². The summed E-state index contributed by atoms with van der Waals surface area (Å²) in [4.78, 5) is 15.8. The van der Waals surface area contributed by atoms with E-state index in [-0.39, 0.29) is 6.03 Å². The molecule has 1 fully saturated rings. The topological polar surface area (TPSA) is 35.6 Å². The van der Waals surface area contributed by atoms with Gasteiger partial charge in [-0.2, -0.15) is 0 Å². The number of carbonyl (C=O) groups excluding carboxylic acids is 1. The third-order valence-electron chi connectivity index (χ3n) is 3.17. The molecule has 1 heterocycles. The summed E-state index contributed by atoms with van der Waals surface area (Å²) in [6, 6.07) is 0.0722. The third-order valence-corrected chi connectivity index (χ3v) is 3.17. The van der Waals surface area contributed by atoms with Crippen molar-refractivity contribution in [1.29, 1.82) is 0 Å². The Balaban J connectivity index is 2.18.